The molecule has 0 aromatic carbocycles. The average Bonchev–Trinajstić information content (AvgIpc) is 2.34. The Labute approximate surface area is 109 Å². The Hall–Kier alpha value is -2.36. The Kier molecular flexibility index (Phi) is 3.25. The minimum Gasteiger partial charge on any atom is -0.368 e. The summed E-state index contributed by atoms with van der Waals surface area (Å²) in [7, 11) is -3.86. The number of hydrogen-bond acceptors (Lipinski definition) is 8. The molecule has 3 N–H and O–H groups in total. The van der Waals surface area contributed by atoms with Gasteiger partial charge in [-0.2, -0.15) is 5.10 Å². The Balaban J connectivity index is 2.30. The molecular formula is C9H11N7O2S. The van der Waals surface area contributed by atoms with E-state index in [-0.39, 0.29) is 16.8 Å². The number of nitrogens with zero attached hydrogens (tertiary/aromatic N) is 5. The number of sulfonamides is 1. The van der Waals surface area contributed by atoms with Crippen LogP contribution >= 0.6 is 0 Å². The van der Waals surface area contributed by atoms with Crippen LogP contribution in [0.2, 0.25) is 0 Å². The number of nitrogen functional groups attached to an aromatic ring is 1. The molecule has 0 radical (unpaired) electrons. The Morgan fingerprint density at radius 3 is 2.32 bits per heavy atom. The van der Waals surface area contributed by atoms with E-state index >= 15 is 0 Å². The van der Waals surface area contributed by atoms with Crippen LogP contribution in [-0.4, -0.2) is 33.6 Å². The first-order valence-corrected chi connectivity index (χ1v) is 6.65. The van der Waals surface area contributed by atoms with Crippen molar-refractivity contribution < 1.29 is 8.42 Å². The summed E-state index contributed by atoms with van der Waals surface area (Å²) in [6.45, 7) is 3.43. The highest BCUT2D eigenvalue weighted by Gasteiger charge is 2.17. The third-order valence-corrected chi connectivity index (χ3v) is 3.56. The summed E-state index contributed by atoms with van der Waals surface area (Å²) in [5.74, 6) is -0.122. The maximum atomic E-state index is 12.0. The normalized spacial score (nSPS) is 11.3. The summed E-state index contributed by atoms with van der Waals surface area (Å²) in [6.07, 6.45) is 2.19. The van der Waals surface area contributed by atoms with Crippen LogP contribution < -0.4 is 10.5 Å². The lowest BCUT2D eigenvalue weighted by atomic mass is 10.4. The van der Waals surface area contributed by atoms with Gasteiger partial charge >= 0.3 is 0 Å². The molecule has 2 rings (SSSR count). The van der Waals surface area contributed by atoms with Crippen LogP contribution in [0, 0.1) is 13.8 Å². The Bertz CT molecular complexity index is 699. The van der Waals surface area contributed by atoms with Crippen molar-refractivity contribution in [1.29, 1.82) is 0 Å². The van der Waals surface area contributed by atoms with Gasteiger partial charge in [-0.3, -0.25) is 0 Å². The van der Waals surface area contributed by atoms with Gasteiger partial charge in [-0.25, -0.2) is 28.1 Å². The zero-order chi connectivity index (χ0) is 14.0. The zero-order valence-electron chi connectivity index (χ0n) is 10.2. The van der Waals surface area contributed by atoms with Crippen molar-refractivity contribution in [1.82, 2.24) is 25.1 Å². The molecule has 0 atom stereocenters. The van der Waals surface area contributed by atoms with Crippen molar-refractivity contribution in [2.75, 3.05) is 10.5 Å². The largest absolute Gasteiger partial charge is 0.368 e. The number of nitrogens with one attached hydrogen (secondary N) is 1. The van der Waals surface area contributed by atoms with E-state index in [1.165, 1.54) is 0 Å². The number of nitrogens with two attached hydrogens (primary N) is 1. The third kappa shape index (κ3) is 2.91. The van der Waals surface area contributed by atoms with Gasteiger partial charge in [0.1, 0.15) is 4.90 Å². The van der Waals surface area contributed by atoms with Crippen molar-refractivity contribution in [3.05, 3.63) is 23.8 Å². The zero-order valence-corrected chi connectivity index (χ0v) is 11.0. The second-order valence-electron chi connectivity index (χ2n) is 3.69. The maximum absolute atomic E-state index is 12.0. The SMILES string of the molecule is Cc1nnc(NS(=O)(=O)c2cnc(N)nc2)nc1C. The molecule has 0 unspecified atom stereocenters. The molecule has 10 heteroatoms. The molecule has 100 valence electrons. The van der Waals surface area contributed by atoms with E-state index in [0.717, 1.165) is 12.4 Å². The van der Waals surface area contributed by atoms with Crippen LogP contribution in [0.4, 0.5) is 11.9 Å². The monoisotopic (exact) mass is 281 g/mol. The summed E-state index contributed by atoms with van der Waals surface area (Å²) in [5, 5.41) is 7.43. The number of aryl methyl sites for hydroxylation is 2. The van der Waals surface area contributed by atoms with Gasteiger partial charge in [-0.1, -0.05) is 0 Å². The number of aromatic nitrogens is 5. The van der Waals surface area contributed by atoms with Crippen LogP contribution in [0.15, 0.2) is 17.3 Å². The molecule has 0 saturated carbocycles. The van der Waals surface area contributed by atoms with Gasteiger partial charge in [0.05, 0.1) is 23.8 Å². The molecule has 9 nitrogen and oxygen atoms in total. The average molecular weight is 281 g/mol. The van der Waals surface area contributed by atoms with Crippen LogP contribution in [0.1, 0.15) is 11.4 Å². The molecule has 0 aliphatic rings. The minimum atomic E-state index is -3.86. The summed E-state index contributed by atoms with van der Waals surface area (Å²) in [5.41, 5.74) is 6.50. The van der Waals surface area contributed by atoms with Gasteiger partial charge in [-0.05, 0) is 13.8 Å². The van der Waals surface area contributed by atoms with Crippen molar-refractivity contribution in [2.24, 2.45) is 0 Å². The lowest BCUT2D eigenvalue weighted by Gasteiger charge is -2.06. The molecule has 19 heavy (non-hydrogen) atoms. The van der Waals surface area contributed by atoms with Gasteiger partial charge < -0.3 is 5.73 Å². The molecule has 0 aliphatic carbocycles. The molecular weight excluding hydrogens is 270 g/mol. The molecule has 0 aliphatic heterocycles. The highest BCUT2D eigenvalue weighted by molar-refractivity contribution is 7.92. The smallest absolute Gasteiger partial charge is 0.267 e. The third-order valence-electron chi connectivity index (χ3n) is 2.28. The van der Waals surface area contributed by atoms with Crippen LogP contribution in [0.25, 0.3) is 0 Å². The quantitative estimate of drug-likeness (QED) is 0.779. The fourth-order valence-electron chi connectivity index (χ4n) is 1.14. The lowest BCUT2D eigenvalue weighted by molar-refractivity contribution is 0.599. The van der Waals surface area contributed by atoms with Crippen molar-refractivity contribution in [3.63, 3.8) is 0 Å². The van der Waals surface area contributed by atoms with Crippen LogP contribution in [0.5, 0.6) is 0 Å². The fraction of sp³-hybridized carbons (Fsp3) is 0.222. The Morgan fingerprint density at radius 2 is 1.74 bits per heavy atom. The summed E-state index contributed by atoms with van der Waals surface area (Å²) in [6, 6.07) is 0. The maximum Gasteiger partial charge on any atom is 0.267 e. The number of hydrogen-bond donors (Lipinski definition) is 2. The van der Waals surface area contributed by atoms with Crippen molar-refractivity contribution in [3.8, 4) is 0 Å². The number of anilines is 2. The van der Waals surface area contributed by atoms with E-state index in [9.17, 15) is 8.42 Å². The predicted octanol–water partition coefficient (Wildman–Crippen LogP) is -0.339. The Morgan fingerprint density at radius 1 is 1.11 bits per heavy atom. The summed E-state index contributed by atoms with van der Waals surface area (Å²) in [4.78, 5) is 11.1. The fourth-order valence-corrected chi connectivity index (χ4v) is 1.97. The molecule has 2 heterocycles. The molecule has 0 bridgehead atoms. The van der Waals surface area contributed by atoms with Crippen molar-refractivity contribution >= 4 is 21.9 Å². The van der Waals surface area contributed by atoms with Gasteiger partial charge in [0.15, 0.2) is 0 Å². The second-order valence-corrected chi connectivity index (χ2v) is 5.37. The molecule has 0 fully saturated rings. The first kappa shape index (κ1) is 13.1. The highest BCUT2D eigenvalue weighted by Crippen LogP contribution is 2.11. The van der Waals surface area contributed by atoms with E-state index in [0.29, 0.717) is 11.4 Å². The second kappa shape index (κ2) is 4.72. The topological polar surface area (TPSA) is 137 Å². The lowest BCUT2D eigenvalue weighted by Crippen LogP contribution is -2.17. The standard InChI is InChI=1S/C9H11N7O2S/c1-5-6(2)14-15-9(13-5)16-19(17,18)7-3-11-8(10)12-4-7/h3-4H,1-2H3,(H2,10,11,12)(H,13,15,16). The van der Waals surface area contributed by atoms with E-state index in [1.54, 1.807) is 13.8 Å². The highest BCUT2D eigenvalue weighted by atomic mass is 32.2. The summed E-state index contributed by atoms with van der Waals surface area (Å²) >= 11 is 0. The van der Waals surface area contributed by atoms with Crippen molar-refractivity contribution in [2.45, 2.75) is 18.7 Å². The van der Waals surface area contributed by atoms with Gasteiger partial charge in [0, 0.05) is 0 Å². The minimum absolute atomic E-state index is 0.0111. The van der Waals surface area contributed by atoms with E-state index in [4.69, 9.17) is 5.73 Å². The van der Waals surface area contributed by atoms with Gasteiger partial charge in [0.25, 0.3) is 16.0 Å². The van der Waals surface area contributed by atoms with E-state index < -0.39 is 10.0 Å². The summed E-state index contributed by atoms with van der Waals surface area (Å²) < 4.78 is 26.1. The van der Waals surface area contributed by atoms with Gasteiger partial charge in [0.2, 0.25) is 5.95 Å². The first-order valence-electron chi connectivity index (χ1n) is 5.17. The first-order chi connectivity index (χ1) is 8.88. The predicted molar refractivity (Wildman–Crippen MR) is 66.6 cm³/mol. The number of rotatable bonds is 3. The molecule has 2 aromatic rings. The molecule has 0 saturated heterocycles. The van der Waals surface area contributed by atoms with Crippen LogP contribution in [-0.2, 0) is 10.0 Å². The molecule has 2 aromatic heterocycles. The van der Waals surface area contributed by atoms with Gasteiger partial charge in [-0.15, -0.1) is 5.10 Å². The molecule has 0 spiro atoms. The van der Waals surface area contributed by atoms with E-state index in [2.05, 4.69) is 29.9 Å². The van der Waals surface area contributed by atoms with Crippen LogP contribution in [0.3, 0.4) is 0 Å². The molecule has 0 amide bonds. The van der Waals surface area contributed by atoms with E-state index in [1.807, 2.05) is 0 Å².